The maximum Gasteiger partial charge on any atom is 0.246 e. The first-order chi connectivity index (χ1) is 12.0. The number of rotatable bonds is 2. The van der Waals surface area contributed by atoms with Gasteiger partial charge in [-0.15, -0.1) is 0 Å². The highest BCUT2D eigenvalue weighted by molar-refractivity contribution is 5.71. The van der Waals surface area contributed by atoms with E-state index in [9.17, 15) is 8.78 Å². The molecule has 124 valence electrons. The van der Waals surface area contributed by atoms with Crippen LogP contribution in [0.5, 0.6) is 0 Å². The topological polar surface area (TPSA) is 0 Å². The van der Waals surface area contributed by atoms with E-state index in [-0.39, 0.29) is 12.3 Å². The van der Waals surface area contributed by atoms with Crippen LogP contribution in [0.15, 0.2) is 72.8 Å². The van der Waals surface area contributed by atoms with Crippen molar-refractivity contribution >= 4 is 0 Å². The van der Waals surface area contributed by atoms with Crippen LogP contribution in [-0.2, 0) is 5.41 Å². The van der Waals surface area contributed by atoms with Crippen LogP contribution in [0.2, 0.25) is 0 Å². The van der Waals surface area contributed by atoms with Gasteiger partial charge in [-0.3, -0.25) is 0 Å². The van der Waals surface area contributed by atoms with E-state index >= 15 is 0 Å². The molecule has 25 heavy (non-hydrogen) atoms. The Labute approximate surface area is 146 Å². The van der Waals surface area contributed by atoms with Crippen LogP contribution in [0.3, 0.4) is 0 Å². The van der Waals surface area contributed by atoms with Crippen molar-refractivity contribution in [3.8, 4) is 0 Å². The minimum absolute atomic E-state index is 0.135. The van der Waals surface area contributed by atoms with E-state index in [1.54, 1.807) is 0 Å². The van der Waals surface area contributed by atoms with Gasteiger partial charge in [0.2, 0.25) is 5.92 Å². The number of alkyl halides is 2. The quantitative estimate of drug-likeness (QED) is 0.550. The molecule has 0 fully saturated rings. The average Bonchev–Trinajstić information content (AvgIpc) is 2.61. The molecule has 3 aliphatic carbocycles. The zero-order valence-electron chi connectivity index (χ0n) is 14.0. The molecule has 0 radical (unpaired) electrons. The summed E-state index contributed by atoms with van der Waals surface area (Å²) < 4.78 is 28.9. The Kier molecular flexibility index (Phi) is 2.84. The smallest absolute Gasteiger partial charge is 0.207 e. The Morgan fingerprint density at radius 1 is 0.720 bits per heavy atom. The summed E-state index contributed by atoms with van der Waals surface area (Å²) in [5.41, 5.74) is 5.85. The molecule has 0 atom stereocenters. The fraction of sp³-hybridized carbons (Fsp3) is 0.217. The van der Waals surface area contributed by atoms with Crippen molar-refractivity contribution in [2.24, 2.45) is 0 Å². The zero-order valence-corrected chi connectivity index (χ0v) is 14.0. The van der Waals surface area contributed by atoms with Gasteiger partial charge in [0.05, 0.1) is 5.41 Å². The van der Waals surface area contributed by atoms with Crippen LogP contribution in [0, 0.1) is 0 Å². The molecule has 6 rings (SSSR count). The second-order valence-corrected chi connectivity index (χ2v) is 7.35. The molecule has 2 heteroatoms. The summed E-state index contributed by atoms with van der Waals surface area (Å²) >= 11 is 0. The van der Waals surface area contributed by atoms with Crippen LogP contribution < -0.4 is 0 Å². The van der Waals surface area contributed by atoms with Crippen molar-refractivity contribution < 1.29 is 8.78 Å². The van der Waals surface area contributed by atoms with Crippen LogP contribution >= 0.6 is 0 Å². The molecule has 3 aromatic carbocycles. The van der Waals surface area contributed by atoms with Crippen molar-refractivity contribution in [3.05, 3.63) is 106 Å². The van der Waals surface area contributed by atoms with Gasteiger partial charge in [-0.05, 0) is 40.3 Å². The predicted octanol–water partition coefficient (Wildman–Crippen LogP) is 5.87. The van der Waals surface area contributed by atoms with Gasteiger partial charge < -0.3 is 0 Å². The van der Waals surface area contributed by atoms with E-state index in [0.29, 0.717) is 0 Å². The standard InChI is InChI=1S/C23H18F2/c1-22(24,25)14-23-18-11-5-2-8-15(18)21(16-9-3-6-12-19(16)23)17-10-4-7-13-20(17)23/h2-13,21H,14H2,1H3. The molecule has 0 spiro atoms. The van der Waals surface area contributed by atoms with Gasteiger partial charge in [0.15, 0.2) is 0 Å². The van der Waals surface area contributed by atoms with Crippen molar-refractivity contribution in [1.82, 2.24) is 0 Å². The predicted molar refractivity (Wildman–Crippen MR) is 95.4 cm³/mol. The summed E-state index contributed by atoms with van der Waals surface area (Å²) in [4.78, 5) is 0. The summed E-state index contributed by atoms with van der Waals surface area (Å²) in [5.74, 6) is -2.63. The van der Waals surface area contributed by atoms with E-state index in [4.69, 9.17) is 0 Å². The highest BCUT2D eigenvalue weighted by Gasteiger charge is 2.54. The van der Waals surface area contributed by atoms with E-state index in [1.807, 2.05) is 54.6 Å². The monoisotopic (exact) mass is 332 g/mol. The SMILES string of the molecule is CC(F)(F)CC12c3ccccc3C(c3ccccc31)c1ccccc12. The zero-order chi connectivity index (χ0) is 17.2. The first-order valence-electron chi connectivity index (χ1n) is 8.68. The average molecular weight is 332 g/mol. The molecule has 0 aromatic heterocycles. The first-order valence-corrected chi connectivity index (χ1v) is 8.68. The fourth-order valence-corrected chi connectivity index (χ4v) is 5.10. The molecule has 0 amide bonds. The van der Waals surface area contributed by atoms with Crippen LogP contribution in [0.4, 0.5) is 8.78 Å². The lowest BCUT2D eigenvalue weighted by Gasteiger charge is -2.51. The number of hydrogen-bond acceptors (Lipinski definition) is 0. The molecule has 3 aliphatic rings. The molecule has 0 unspecified atom stereocenters. The second-order valence-electron chi connectivity index (χ2n) is 7.35. The Morgan fingerprint density at radius 2 is 1.08 bits per heavy atom. The van der Waals surface area contributed by atoms with E-state index in [2.05, 4.69) is 18.2 Å². The van der Waals surface area contributed by atoms with Crippen molar-refractivity contribution in [2.45, 2.75) is 30.6 Å². The minimum atomic E-state index is -2.77. The Hall–Kier alpha value is -2.48. The van der Waals surface area contributed by atoms with Gasteiger partial charge in [-0.2, -0.15) is 0 Å². The minimum Gasteiger partial charge on any atom is -0.207 e. The van der Waals surface area contributed by atoms with Crippen molar-refractivity contribution in [1.29, 1.82) is 0 Å². The lowest BCUT2D eigenvalue weighted by atomic mass is 9.51. The molecule has 3 aromatic rings. The number of hydrogen-bond donors (Lipinski definition) is 0. The first kappa shape index (κ1) is 14.8. The molecule has 0 nitrogen and oxygen atoms in total. The lowest BCUT2D eigenvalue weighted by molar-refractivity contribution is -0.00123. The van der Waals surface area contributed by atoms with Crippen LogP contribution in [-0.4, -0.2) is 5.92 Å². The Balaban J connectivity index is 1.95. The third kappa shape index (κ3) is 1.85. The Morgan fingerprint density at radius 3 is 1.44 bits per heavy atom. The molecule has 0 aliphatic heterocycles. The van der Waals surface area contributed by atoms with Gasteiger partial charge in [0.1, 0.15) is 0 Å². The summed E-state index contributed by atoms with van der Waals surface area (Å²) in [5, 5.41) is 0. The summed E-state index contributed by atoms with van der Waals surface area (Å²) in [7, 11) is 0. The van der Waals surface area contributed by atoms with Crippen molar-refractivity contribution in [3.63, 3.8) is 0 Å². The van der Waals surface area contributed by atoms with Gasteiger partial charge in [0, 0.05) is 12.3 Å². The maximum absolute atomic E-state index is 14.4. The third-order valence-electron chi connectivity index (χ3n) is 5.77. The molecule has 0 saturated carbocycles. The van der Waals surface area contributed by atoms with E-state index in [1.165, 1.54) is 16.7 Å². The molecular weight excluding hydrogens is 314 g/mol. The largest absolute Gasteiger partial charge is 0.246 e. The highest BCUT2D eigenvalue weighted by Crippen LogP contribution is 2.61. The molecule has 2 bridgehead atoms. The highest BCUT2D eigenvalue weighted by atomic mass is 19.3. The molecule has 0 N–H and O–H groups in total. The third-order valence-corrected chi connectivity index (χ3v) is 5.77. The van der Waals surface area contributed by atoms with Crippen LogP contribution in [0.1, 0.15) is 52.6 Å². The maximum atomic E-state index is 14.4. The molecule has 0 heterocycles. The van der Waals surface area contributed by atoms with Crippen molar-refractivity contribution in [2.75, 3.05) is 0 Å². The number of halogens is 2. The lowest BCUT2D eigenvalue weighted by Crippen LogP contribution is -2.45. The van der Waals surface area contributed by atoms with Gasteiger partial charge in [-0.25, -0.2) is 8.78 Å². The summed E-state index contributed by atoms with van der Waals surface area (Å²) in [6.45, 7) is 1.04. The van der Waals surface area contributed by atoms with Gasteiger partial charge >= 0.3 is 0 Å². The van der Waals surface area contributed by atoms with Gasteiger partial charge in [-0.1, -0.05) is 72.8 Å². The second kappa shape index (κ2) is 4.78. The van der Waals surface area contributed by atoms with E-state index in [0.717, 1.165) is 23.6 Å². The molecular formula is C23H18F2. The van der Waals surface area contributed by atoms with E-state index < -0.39 is 11.3 Å². The Bertz CT molecular complexity index is 865. The number of benzene rings is 3. The van der Waals surface area contributed by atoms with Crippen LogP contribution in [0.25, 0.3) is 0 Å². The fourth-order valence-electron chi connectivity index (χ4n) is 5.10. The summed E-state index contributed by atoms with van der Waals surface area (Å²) in [6.07, 6.45) is -0.211. The summed E-state index contributed by atoms with van der Waals surface area (Å²) in [6, 6.07) is 24.4. The van der Waals surface area contributed by atoms with Gasteiger partial charge in [0.25, 0.3) is 0 Å². The molecule has 0 saturated heterocycles. The normalized spacial score (nSPS) is 22.9.